The molecule has 0 aliphatic heterocycles. The van der Waals surface area contributed by atoms with Crippen LogP contribution in [0.25, 0.3) is 6.08 Å². The molecule has 0 aliphatic carbocycles. The monoisotopic (exact) mass is 520 g/mol. The van der Waals surface area contributed by atoms with Crippen LogP contribution in [0.2, 0.25) is 0 Å². The summed E-state index contributed by atoms with van der Waals surface area (Å²) in [6, 6.07) is 14.9. The molecular weight excluding hydrogens is 468 g/mol. The van der Waals surface area contributed by atoms with Gasteiger partial charge in [-0.25, -0.2) is 0 Å². The number of ketones is 1. The van der Waals surface area contributed by atoms with Crippen molar-refractivity contribution >= 4 is 23.6 Å². The third-order valence-electron chi connectivity index (χ3n) is 7.09. The molecule has 0 saturated heterocycles. The first kappa shape index (κ1) is 31.4. The molecule has 0 spiro atoms. The lowest BCUT2D eigenvalue weighted by Crippen LogP contribution is -1.96. The fraction of sp³-hybridized carbons (Fsp3) is 0.571. The number of allylic oxidation sites excluding steroid dienone is 1. The van der Waals surface area contributed by atoms with Crippen LogP contribution in [0.1, 0.15) is 138 Å². The minimum absolute atomic E-state index is 0.0811. The van der Waals surface area contributed by atoms with Gasteiger partial charge in [-0.15, -0.1) is 11.8 Å². The lowest BCUT2D eigenvalue weighted by atomic mass is 9.97. The Morgan fingerprint density at radius 2 is 1.27 bits per heavy atom. The van der Waals surface area contributed by atoms with Crippen molar-refractivity contribution in [2.45, 2.75) is 128 Å². The second-order valence-corrected chi connectivity index (χ2v) is 11.7. The van der Waals surface area contributed by atoms with Crippen molar-refractivity contribution in [3.63, 3.8) is 0 Å². The van der Waals surface area contributed by atoms with E-state index in [-0.39, 0.29) is 5.78 Å². The highest BCUT2D eigenvalue weighted by atomic mass is 32.2. The molecule has 0 amide bonds. The molecule has 0 atom stereocenters. The molecule has 0 aliphatic rings. The average molecular weight is 521 g/mol. The van der Waals surface area contributed by atoms with Crippen LogP contribution in [0.4, 0.5) is 0 Å². The highest BCUT2D eigenvalue weighted by molar-refractivity contribution is 7.99. The van der Waals surface area contributed by atoms with Crippen LogP contribution in [-0.2, 0) is 12.8 Å². The molecule has 2 aromatic carbocycles. The molecule has 0 unspecified atom stereocenters. The highest BCUT2D eigenvalue weighted by Crippen LogP contribution is 2.22. The molecule has 0 heterocycles. The molecule has 204 valence electrons. The van der Waals surface area contributed by atoms with Crippen LogP contribution in [-0.4, -0.2) is 11.5 Å². The summed E-state index contributed by atoms with van der Waals surface area (Å²) in [6.07, 6.45) is 24.9. The van der Waals surface area contributed by atoms with Crippen LogP contribution >= 0.6 is 11.8 Å². The predicted molar refractivity (Wildman–Crippen MR) is 166 cm³/mol. The second-order valence-electron chi connectivity index (χ2n) is 10.5. The van der Waals surface area contributed by atoms with Crippen molar-refractivity contribution in [1.82, 2.24) is 0 Å². The molecule has 2 aromatic rings. The summed E-state index contributed by atoms with van der Waals surface area (Å²) in [5, 5.41) is 0. The van der Waals surface area contributed by atoms with Crippen LogP contribution in [0.15, 0.2) is 53.4 Å². The molecule has 0 aromatic heterocycles. The second kappa shape index (κ2) is 20.2. The van der Waals surface area contributed by atoms with Crippen molar-refractivity contribution in [2.75, 3.05) is 5.75 Å². The van der Waals surface area contributed by atoms with Crippen LogP contribution in [0, 0.1) is 0 Å². The zero-order chi connectivity index (χ0) is 26.6. The van der Waals surface area contributed by atoms with Gasteiger partial charge in [0.1, 0.15) is 0 Å². The topological polar surface area (TPSA) is 17.1 Å². The number of hydrogen-bond acceptors (Lipinski definition) is 2. The maximum atomic E-state index is 12.8. The number of hydrogen-bond donors (Lipinski definition) is 0. The third-order valence-corrected chi connectivity index (χ3v) is 8.18. The number of benzene rings is 2. The van der Waals surface area contributed by atoms with E-state index in [2.05, 4.69) is 51.1 Å². The summed E-state index contributed by atoms with van der Waals surface area (Å²) in [5.74, 6) is 1.25. The first-order chi connectivity index (χ1) is 18.2. The Labute approximate surface area is 232 Å². The minimum Gasteiger partial charge on any atom is -0.289 e. The van der Waals surface area contributed by atoms with E-state index in [1.165, 1.54) is 104 Å². The number of rotatable bonds is 21. The van der Waals surface area contributed by atoms with Gasteiger partial charge in [-0.1, -0.05) is 129 Å². The van der Waals surface area contributed by atoms with Gasteiger partial charge in [0.25, 0.3) is 0 Å². The lowest BCUT2D eigenvalue weighted by molar-refractivity contribution is 0.104. The number of unbranched alkanes of at least 4 members (excludes halogenated alkanes) is 11. The van der Waals surface area contributed by atoms with Crippen molar-refractivity contribution in [1.29, 1.82) is 0 Å². The quantitative estimate of drug-likeness (QED) is 0.0704. The zero-order valence-electron chi connectivity index (χ0n) is 24.0. The molecule has 0 bridgehead atoms. The molecule has 1 nitrogen and oxygen atoms in total. The number of carbonyl (C=O) groups excluding carboxylic acids is 1. The summed E-state index contributed by atoms with van der Waals surface area (Å²) >= 11 is 1.92. The van der Waals surface area contributed by atoms with Gasteiger partial charge in [-0.3, -0.25) is 4.79 Å². The number of aryl methyl sites for hydroxylation is 2. The summed E-state index contributed by atoms with van der Waals surface area (Å²) in [4.78, 5) is 14.0. The van der Waals surface area contributed by atoms with Gasteiger partial charge in [-0.2, -0.15) is 0 Å². The van der Waals surface area contributed by atoms with E-state index < -0.39 is 0 Å². The molecule has 0 fully saturated rings. The Bertz CT molecular complexity index is 896. The minimum atomic E-state index is 0.0811. The Hall–Kier alpha value is -1.80. The summed E-state index contributed by atoms with van der Waals surface area (Å²) in [5.41, 5.74) is 4.68. The van der Waals surface area contributed by atoms with E-state index >= 15 is 0 Å². The number of carbonyl (C=O) groups is 1. The van der Waals surface area contributed by atoms with E-state index in [0.29, 0.717) is 0 Å². The fourth-order valence-corrected chi connectivity index (χ4v) is 5.77. The van der Waals surface area contributed by atoms with E-state index in [1.54, 1.807) is 6.08 Å². The van der Waals surface area contributed by atoms with Crippen molar-refractivity contribution in [3.8, 4) is 0 Å². The van der Waals surface area contributed by atoms with Crippen LogP contribution in [0.5, 0.6) is 0 Å². The number of thioether (sulfide) groups is 1. The van der Waals surface area contributed by atoms with Crippen LogP contribution in [0.3, 0.4) is 0 Å². The first-order valence-corrected chi connectivity index (χ1v) is 16.2. The maximum Gasteiger partial charge on any atom is 0.185 e. The van der Waals surface area contributed by atoms with Gasteiger partial charge in [0.15, 0.2) is 5.78 Å². The SMILES string of the molecule is CCCCCCCCCCCCCCSc1ccc(C(=O)/C=C/c2ccc(CCC)cc2CCC)cc1. The zero-order valence-corrected chi connectivity index (χ0v) is 24.8. The van der Waals surface area contributed by atoms with Gasteiger partial charge in [0, 0.05) is 10.5 Å². The lowest BCUT2D eigenvalue weighted by Gasteiger charge is -2.08. The van der Waals surface area contributed by atoms with E-state index in [4.69, 9.17) is 0 Å². The van der Waals surface area contributed by atoms with E-state index in [1.807, 2.05) is 30.0 Å². The molecule has 2 heteroatoms. The smallest absolute Gasteiger partial charge is 0.185 e. The fourth-order valence-electron chi connectivity index (χ4n) is 4.86. The van der Waals surface area contributed by atoms with Gasteiger partial charge in [0.2, 0.25) is 0 Å². The summed E-state index contributed by atoms with van der Waals surface area (Å²) in [7, 11) is 0. The third kappa shape index (κ3) is 13.5. The van der Waals surface area contributed by atoms with Crippen molar-refractivity contribution < 1.29 is 4.79 Å². The molecule has 0 saturated carbocycles. The Morgan fingerprint density at radius 1 is 0.676 bits per heavy atom. The Morgan fingerprint density at radius 3 is 1.86 bits per heavy atom. The maximum absolute atomic E-state index is 12.8. The van der Waals surface area contributed by atoms with Gasteiger partial charge in [0.05, 0.1) is 0 Å². The Balaban J connectivity index is 1.65. The Kier molecular flexibility index (Phi) is 17.2. The van der Waals surface area contributed by atoms with Gasteiger partial charge >= 0.3 is 0 Å². The van der Waals surface area contributed by atoms with Crippen LogP contribution < -0.4 is 0 Å². The molecule has 0 N–H and O–H groups in total. The van der Waals surface area contributed by atoms with Gasteiger partial charge < -0.3 is 0 Å². The van der Waals surface area contributed by atoms with E-state index in [0.717, 1.165) is 31.2 Å². The largest absolute Gasteiger partial charge is 0.289 e. The average Bonchev–Trinajstić information content (AvgIpc) is 2.91. The highest BCUT2D eigenvalue weighted by Gasteiger charge is 2.05. The first-order valence-electron chi connectivity index (χ1n) is 15.2. The van der Waals surface area contributed by atoms with Gasteiger partial charge in [-0.05, 0) is 72.0 Å². The normalized spacial score (nSPS) is 11.4. The van der Waals surface area contributed by atoms with Crippen molar-refractivity contribution in [2.24, 2.45) is 0 Å². The predicted octanol–water partition coefficient (Wildman–Crippen LogP) is 11.3. The molecular formula is C35H52OS. The van der Waals surface area contributed by atoms with Crippen molar-refractivity contribution in [3.05, 3.63) is 70.8 Å². The molecule has 2 rings (SSSR count). The standard InChI is InChI=1S/C35H52OS/c1-4-7-8-9-10-11-12-13-14-15-16-17-28-37-34-25-22-32(23-26-34)35(36)27-24-31-21-20-30(18-5-2)29-33(31)19-6-3/h20-27,29H,4-19,28H2,1-3H3/b27-24+. The summed E-state index contributed by atoms with van der Waals surface area (Å²) in [6.45, 7) is 6.71. The molecule has 37 heavy (non-hydrogen) atoms. The molecule has 0 radical (unpaired) electrons. The van der Waals surface area contributed by atoms with E-state index in [9.17, 15) is 4.79 Å². The summed E-state index contributed by atoms with van der Waals surface area (Å²) < 4.78 is 0.